The highest BCUT2D eigenvalue weighted by atomic mass is 19.4. The topological polar surface area (TPSA) is 110 Å². The number of benzene rings is 2. The molecule has 0 aliphatic carbocycles. The molecule has 0 aliphatic rings. The van der Waals surface area contributed by atoms with Crippen molar-refractivity contribution in [2.75, 3.05) is 13.2 Å². The second-order valence-electron chi connectivity index (χ2n) is 12.5. The lowest BCUT2D eigenvalue weighted by atomic mass is 9.91. The molecule has 7 nitrogen and oxygen atoms in total. The van der Waals surface area contributed by atoms with Crippen molar-refractivity contribution in [2.45, 2.75) is 92.2 Å². The van der Waals surface area contributed by atoms with Crippen molar-refractivity contribution in [2.24, 2.45) is 5.73 Å². The van der Waals surface area contributed by atoms with Crippen molar-refractivity contribution in [3.05, 3.63) is 82.8 Å². The zero-order valence-corrected chi connectivity index (χ0v) is 29.2. The molecule has 2 aromatic heterocycles. The fourth-order valence-electron chi connectivity index (χ4n) is 5.73. The third-order valence-electron chi connectivity index (χ3n) is 8.25. The number of hydrogen-bond acceptors (Lipinski definition) is 6. The van der Waals surface area contributed by atoms with E-state index in [0.29, 0.717) is 30.2 Å². The number of nitrogens with zero attached hydrogens (tertiary/aromatic N) is 2. The van der Waals surface area contributed by atoms with Crippen LogP contribution < -0.4 is 15.2 Å². The molecule has 262 valence electrons. The first-order chi connectivity index (χ1) is 23.4. The van der Waals surface area contributed by atoms with Crippen LogP contribution in [0.5, 0.6) is 11.5 Å². The number of aromatic amines is 1. The van der Waals surface area contributed by atoms with E-state index in [0.717, 1.165) is 84.6 Å². The van der Waals surface area contributed by atoms with Crippen molar-refractivity contribution < 1.29 is 22.6 Å². The van der Waals surface area contributed by atoms with Gasteiger partial charge >= 0.3 is 6.18 Å². The molecule has 0 bridgehead atoms. The molecule has 2 heterocycles. The van der Waals surface area contributed by atoms with Gasteiger partial charge in [0.1, 0.15) is 22.9 Å². The standard InChI is InChI=1S/C39H48F3N5O2/c1-6-8-10-12-17-48-34-16-14-15-25(3)37(34)38-26(4)19-28(23-35(38)49-18-13-11-9-7-2)29-21-31(30(44)20-27(5)43)45-32(22-29)33-24-36(47-46-33)39(40,41)42/h14-16,19-24,44H,6-13,17-18,43H2,1-5H3,(H,46,47). The summed E-state index contributed by atoms with van der Waals surface area (Å²) in [6, 6.07) is 14.4. The minimum atomic E-state index is -4.60. The van der Waals surface area contributed by atoms with Gasteiger partial charge in [0.15, 0.2) is 0 Å². The molecule has 49 heavy (non-hydrogen) atoms. The van der Waals surface area contributed by atoms with Crippen LogP contribution in [0.15, 0.2) is 60.3 Å². The van der Waals surface area contributed by atoms with E-state index >= 15 is 0 Å². The van der Waals surface area contributed by atoms with E-state index in [9.17, 15) is 13.2 Å². The normalized spacial score (nSPS) is 12.0. The Kier molecular flexibility index (Phi) is 13.0. The summed E-state index contributed by atoms with van der Waals surface area (Å²) in [5.41, 5.74) is 11.1. The summed E-state index contributed by atoms with van der Waals surface area (Å²) >= 11 is 0. The van der Waals surface area contributed by atoms with Crippen molar-refractivity contribution in [1.82, 2.24) is 15.2 Å². The van der Waals surface area contributed by atoms with E-state index in [1.807, 2.05) is 31.2 Å². The Bertz CT molecular complexity index is 1760. The van der Waals surface area contributed by atoms with Gasteiger partial charge in [-0.3, -0.25) is 10.5 Å². The molecule has 0 radical (unpaired) electrons. The van der Waals surface area contributed by atoms with Gasteiger partial charge in [-0.1, -0.05) is 70.6 Å². The highest BCUT2D eigenvalue weighted by Gasteiger charge is 2.33. The summed E-state index contributed by atoms with van der Waals surface area (Å²) in [4.78, 5) is 4.51. The van der Waals surface area contributed by atoms with E-state index in [1.54, 1.807) is 19.1 Å². The molecular formula is C39H48F3N5O2. The number of aromatic nitrogens is 3. The summed E-state index contributed by atoms with van der Waals surface area (Å²) in [6.45, 7) is 11.2. The van der Waals surface area contributed by atoms with Crippen LogP contribution in [0.2, 0.25) is 0 Å². The Labute approximate surface area is 287 Å². The first-order valence-corrected chi connectivity index (χ1v) is 17.1. The quantitative estimate of drug-likeness (QED) is 0.0762. The van der Waals surface area contributed by atoms with Crippen molar-refractivity contribution in [1.29, 1.82) is 5.41 Å². The smallest absolute Gasteiger partial charge is 0.432 e. The van der Waals surface area contributed by atoms with Gasteiger partial charge in [-0.25, -0.2) is 4.98 Å². The van der Waals surface area contributed by atoms with E-state index in [4.69, 9.17) is 20.6 Å². The third-order valence-corrected chi connectivity index (χ3v) is 8.25. The van der Waals surface area contributed by atoms with Gasteiger partial charge in [0, 0.05) is 16.8 Å². The van der Waals surface area contributed by atoms with Crippen LogP contribution in [0.25, 0.3) is 33.6 Å². The minimum absolute atomic E-state index is 0.0121. The summed E-state index contributed by atoms with van der Waals surface area (Å²) in [6.07, 6.45) is 5.47. The minimum Gasteiger partial charge on any atom is -0.493 e. The first-order valence-electron chi connectivity index (χ1n) is 17.1. The Morgan fingerprint density at radius 2 is 1.45 bits per heavy atom. The molecule has 0 fully saturated rings. The van der Waals surface area contributed by atoms with Gasteiger partial charge in [0.2, 0.25) is 0 Å². The molecule has 0 aliphatic heterocycles. The highest BCUT2D eigenvalue weighted by Crippen LogP contribution is 2.44. The molecule has 0 spiro atoms. The second-order valence-corrected chi connectivity index (χ2v) is 12.5. The van der Waals surface area contributed by atoms with Gasteiger partial charge < -0.3 is 15.2 Å². The van der Waals surface area contributed by atoms with Crippen molar-refractivity contribution in [3.8, 4) is 45.1 Å². The number of halogens is 3. The number of hydrogen-bond donors (Lipinski definition) is 3. The number of H-pyrrole nitrogens is 1. The van der Waals surface area contributed by atoms with E-state index < -0.39 is 11.9 Å². The second kappa shape index (κ2) is 17.2. The van der Waals surface area contributed by atoms with Crippen LogP contribution in [0, 0.1) is 19.3 Å². The van der Waals surface area contributed by atoms with Gasteiger partial charge in [0.05, 0.1) is 30.3 Å². The Morgan fingerprint density at radius 1 is 0.816 bits per heavy atom. The summed E-state index contributed by atoms with van der Waals surface area (Å²) in [5.74, 6) is 1.48. The first kappa shape index (κ1) is 37.2. The molecular weight excluding hydrogens is 627 g/mol. The molecule has 4 aromatic rings. The monoisotopic (exact) mass is 675 g/mol. The van der Waals surface area contributed by atoms with E-state index in [1.165, 1.54) is 12.5 Å². The van der Waals surface area contributed by atoms with Crippen LogP contribution in [0.3, 0.4) is 0 Å². The van der Waals surface area contributed by atoms with Crippen LogP contribution in [-0.4, -0.2) is 34.1 Å². The van der Waals surface area contributed by atoms with Gasteiger partial charge in [-0.15, -0.1) is 0 Å². The maximum Gasteiger partial charge on any atom is 0.432 e. The van der Waals surface area contributed by atoms with Crippen LogP contribution in [0.4, 0.5) is 13.2 Å². The number of aryl methyl sites for hydroxylation is 2. The predicted molar refractivity (Wildman–Crippen MR) is 191 cm³/mol. The number of unbranched alkanes of at least 4 members (excludes halogenated alkanes) is 6. The average Bonchev–Trinajstić information content (AvgIpc) is 3.56. The number of nitrogens with two attached hydrogens (primary N) is 1. The Morgan fingerprint density at radius 3 is 2.06 bits per heavy atom. The molecule has 4 N–H and O–H groups in total. The van der Waals surface area contributed by atoms with Crippen LogP contribution >= 0.6 is 0 Å². The number of allylic oxidation sites excluding steroid dienone is 2. The summed E-state index contributed by atoms with van der Waals surface area (Å²) in [5, 5.41) is 14.6. The number of nitrogens with one attached hydrogen (secondary N) is 2. The number of rotatable bonds is 17. The average molecular weight is 676 g/mol. The number of ether oxygens (including phenoxy) is 2. The number of pyridine rings is 1. The fourth-order valence-corrected chi connectivity index (χ4v) is 5.73. The summed E-state index contributed by atoms with van der Waals surface area (Å²) < 4.78 is 53.3. The van der Waals surface area contributed by atoms with Gasteiger partial charge in [-0.2, -0.15) is 18.3 Å². The lowest BCUT2D eigenvalue weighted by Gasteiger charge is -2.21. The molecule has 4 rings (SSSR count). The molecule has 10 heteroatoms. The van der Waals surface area contributed by atoms with Gasteiger partial charge in [0.25, 0.3) is 0 Å². The molecule has 0 atom stereocenters. The zero-order valence-electron chi connectivity index (χ0n) is 29.2. The van der Waals surface area contributed by atoms with Crippen LogP contribution in [-0.2, 0) is 6.18 Å². The SMILES string of the molecule is CCCCCCOc1cccc(C)c1-c1c(C)cc(-c2cc(C(=N)C=C(C)N)nc(-c3cc(C(F)(F)F)[nH]n3)c2)cc1OCCCCCC. The maximum absolute atomic E-state index is 13.5. The molecule has 0 unspecified atom stereocenters. The lowest BCUT2D eigenvalue weighted by Crippen LogP contribution is -2.05. The van der Waals surface area contributed by atoms with Crippen LogP contribution in [0.1, 0.15) is 94.7 Å². The Balaban J connectivity index is 1.86. The summed E-state index contributed by atoms with van der Waals surface area (Å²) in [7, 11) is 0. The van der Waals surface area contributed by atoms with Gasteiger partial charge in [-0.05, 0) is 92.3 Å². The van der Waals surface area contributed by atoms with Crippen molar-refractivity contribution in [3.63, 3.8) is 0 Å². The maximum atomic E-state index is 13.5. The predicted octanol–water partition coefficient (Wildman–Crippen LogP) is 10.6. The molecule has 0 saturated carbocycles. The third kappa shape index (κ3) is 9.96. The molecule has 0 amide bonds. The van der Waals surface area contributed by atoms with E-state index in [2.05, 4.69) is 42.0 Å². The molecule has 0 saturated heterocycles. The Hall–Kier alpha value is -4.60. The van der Waals surface area contributed by atoms with Crippen molar-refractivity contribution >= 4 is 5.71 Å². The fraction of sp³-hybridized carbons (Fsp3) is 0.410. The lowest BCUT2D eigenvalue weighted by molar-refractivity contribution is -0.141. The highest BCUT2D eigenvalue weighted by molar-refractivity contribution is 6.06. The largest absolute Gasteiger partial charge is 0.493 e. The molecule has 2 aromatic carbocycles. The number of alkyl halides is 3. The van der Waals surface area contributed by atoms with E-state index in [-0.39, 0.29) is 22.8 Å². The zero-order chi connectivity index (χ0) is 35.6.